The third-order valence-corrected chi connectivity index (χ3v) is 4.14. The zero-order valence-electron chi connectivity index (χ0n) is 11.1. The summed E-state index contributed by atoms with van der Waals surface area (Å²) in [5.41, 5.74) is 2.89. The Kier molecular flexibility index (Phi) is 4.10. The van der Waals surface area contributed by atoms with E-state index in [0.717, 1.165) is 34.3 Å². The van der Waals surface area contributed by atoms with Gasteiger partial charge in [-0.05, 0) is 35.0 Å². The highest BCUT2D eigenvalue weighted by Crippen LogP contribution is 2.28. The molecule has 2 aromatic rings. The summed E-state index contributed by atoms with van der Waals surface area (Å²) in [5.74, 6) is 0.503. The number of ether oxygens (including phenoxy) is 1. The highest BCUT2D eigenvalue weighted by atomic mass is 79.9. The van der Waals surface area contributed by atoms with Gasteiger partial charge in [0.25, 0.3) is 0 Å². The van der Waals surface area contributed by atoms with Crippen LogP contribution in [0.3, 0.4) is 0 Å². The lowest BCUT2D eigenvalue weighted by Crippen LogP contribution is -2.47. The summed E-state index contributed by atoms with van der Waals surface area (Å²) in [7, 11) is 0. The van der Waals surface area contributed by atoms with Crippen molar-refractivity contribution in [2.45, 2.75) is 19.1 Å². The van der Waals surface area contributed by atoms with Crippen molar-refractivity contribution in [1.29, 1.82) is 0 Å². The van der Waals surface area contributed by atoms with Gasteiger partial charge in [0.05, 0.1) is 29.3 Å². The molecule has 3 heterocycles. The smallest absolute Gasteiger partial charge is 0.112 e. The zero-order valence-corrected chi connectivity index (χ0v) is 13.4. The van der Waals surface area contributed by atoms with E-state index in [0.29, 0.717) is 5.88 Å². The molecule has 0 aliphatic carbocycles. The molecule has 4 nitrogen and oxygen atoms in total. The van der Waals surface area contributed by atoms with E-state index in [9.17, 15) is 0 Å². The minimum atomic E-state index is 0.0547. The maximum atomic E-state index is 5.95. The van der Waals surface area contributed by atoms with Gasteiger partial charge < -0.3 is 9.64 Å². The van der Waals surface area contributed by atoms with Crippen molar-refractivity contribution < 1.29 is 4.74 Å². The molecule has 0 radical (unpaired) electrons. The maximum Gasteiger partial charge on any atom is 0.112 e. The first kappa shape index (κ1) is 14.0. The molecule has 0 amide bonds. The molecule has 0 spiro atoms. The number of hydrogen-bond acceptors (Lipinski definition) is 4. The molecule has 1 aliphatic heterocycles. The van der Waals surface area contributed by atoms with Crippen molar-refractivity contribution in [1.82, 2.24) is 9.97 Å². The first-order valence-corrected chi connectivity index (χ1v) is 7.86. The standard InChI is InChI=1S/C14H15BrClN3O/c1-9-7-19(8-11(5-16)20-9)13-2-3-17-12-4-10(15)6-18-14(12)13/h2-4,6,9,11H,5,7-8H2,1H3. The van der Waals surface area contributed by atoms with E-state index in [1.165, 1.54) is 0 Å². The number of halogens is 2. The van der Waals surface area contributed by atoms with Crippen LogP contribution in [-0.2, 0) is 4.74 Å². The Morgan fingerprint density at radius 3 is 3.10 bits per heavy atom. The number of alkyl halides is 1. The number of anilines is 1. The topological polar surface area (TPSA) is 38.2 Å². The van der Waals surface area contributed by atoms with Gasteiger partial charge in [0.1, 0.15) is 5.52 Å². The second-order valence-electron chi connectivity index (χ2n) is 4.98. The fourth-order valence-electron chi connectivity index (χ4n) is 2.57. The second-order valence-corrected chi connectivity index (χ2v) is 6.20. The lowest BCUT2D eigenvalue weighted by molar-refractivity contribution is -0.00325. The average molecular weight is 357 g/mol. The van der Waals surface area contributed by atoms with E-state index >= 15 is 0 Å². The molecule has 2 unspecified atom stereocenters. The normalized spacial score (nSPS) is 23.2. The summed E-state index contributed by atoms with van der Waals surface area (Å²) in [6, 6.07) is 3.99. The number of pyridine rings is 2. The molecule has 106 valence electrons. The third kappa shape index (κ3) is 2.75. The van der Waals surface area contributed by atoms with Crippen LogP contribution in [0.1, 0.15) is 6.92 Å². The first-order chi connectivity index (χ1) is 9.67. The van der Waals surface area contributed by atoms with Crippen LogP contribution in [0.2, 0.25) is 0 Å². The van der Waals surface area contributed by atoms with Crippen molar-refractivity contribution in [3.8, 4) is 0 Å². The number of rotatable bonds is 2. The number of hydrogen-bond donors (Lipinski definition) is 0. The quantitative estimate of drug-likeness (QED) is 0.774. The third-order valence-electron chi connectivity index (χ3n) is 3.36. The highest BCUT2D eigenvalue weighted by molar-refractivity contribution is 9.10. The molecule has 20 heavy (non-hydrogen) atoms. The molecule has 1 aliphatic rings. The van der Waals surface area contributed by atoms with E-state index in [1.54, 1.807) is 6.20 Å². The molecule has 6 heteroatoms. The van der Waals surface area contributed by atoms with Gasteiger partial charge in [-0.15, -0.1) is 11.6 Å². The molecule has 2 atom stereocenters. The van der Waals surface area contributed by atoms with Crippen molar-refractivity contribution in [3.05, 3.63) is 29.0 Å². The van der Waals surface area contributed by atoms with Gasteiger partial charge in [-0.2, -0.15) is 0 Å². The molecular formula is C14H15BrClN3O. The van der Waals surface area contributed by atoms with Crippen LogP contribution in [-0.4, -0.2) is 41.1 Å². The van der Waals surface area contributed by atoms with E-state index in [4.69, 9.17) is 16.3 Å². The van der Waals surface area contributed by atoms with E-state index in [2.05, 4.69) is 37.7 Å². The Morgan fingerprint density at radius 1 is 1.45 bits per heavy atom. The van der Waals surface area contributed by atoms with Gasteiger partial charge >= 0.3 is 0 Å². The van der Waals surface area contributed by atoms with Crippen molar-refractivity contribution in [2.24, 2.45) is 0 Å². The molecule has 0 aromatic carbocycles. The Balaban J connectivity index is 2.01. The van der Waals surface area contributed by atoms with Crippen LogP contribution < -0.4 is 4.90 Å². The lowest BCUT2D eigenvalue weighted by Gasteiger charge is -2.37. The average Bonchev–Trinajstić information content (AvgIpc) is 2.45. The Hall–Kier alpha value is -0.910. The van der Waals surface area contributed by atoms with Gasteiger partial charge in [-0.3, -0.25) is 9.97 Å². The summed E-state index contributed by atoms with van der Waals surface area (Å²) in [6.45, 7) is 3.69. The number of fused-ring (bicyclic) bond motifs is 1. The summed E-state index contributed by atoms with van der Waals surface area (Å²) in [4.78, 5) is 11.2. The van der Waals surface area contributed by atoms with Crippen LogP contribution in [0.5, 0.6) is 0 Å². The predicted octanol–water partition coefficient (Wildman–Crippen LogP) is 3.22. The molecule has 1 saturated heterocycles. The van der Waals surface area contributed by atoms with Crippen LogP contribution in [0, 0.1) is 0 Å². The van der Waals surface area contributed by atoms with Crippen molar-refractivity contribution in [2.75, 3.05) is 23.9 Å². The van der Waals surface area contributed by atoms with E-state index < -0.39 is 0 Å². The molecule has 2 aromatic heterocycles. The number of nitrogens with zero attached hydrogens (tertiary/aromatic N) is 3. The molecule has 0 bridgehead atoms. The monoisotopic (exact) mass is 355 g/mol. The van der Waals surface area contributed by atoms with Crippen molar-refractivity contribution in [3.63, 3.8) is 0 Å². The first-order valence-electron chi connectivity index (χ1n) is 6.54. The van der Waals surface area contributed by atoms with Crippen LogP contribution >= 0.6 is 27.5 Å². The predicted molar refractivity (Wildman–Crippen MR) is 84.5 cm³/mol. The Labute approximate surface area is 131 Å². The minimum absolute atomic E-state index is 0.0547. The van der Waals surface area contributed by atoms with Crippen LogP contribution in [0.15, 0.2) is 29.0 Å². The highest BCUT2D eigenvalue weighted by Gasteiger charge is 2.26. The van der Waals surface area contributed by atoms with E-state index in [1.807, 2.05) is 18.3 Å². The molecular weight excluding hydrogens is 342 g/mol. The van der Waals surface area contributed by atoms with Crippen molar-refractivity contribution >= 4 is 44.3 Å². The van der Waals surface area contributed by atoms with Gasteiger partial charge in [-0.25, -0.2) is 0 Å². The molecule has 0 N–H and O–H groups in total. The van der Waals surface area contributed by atoms with Crippen LogP contribution in [0.25, 0.3) is 11.0 Å². The zero-order chi connectivity index (χ0) is 14.1. The Bertz CT molecular complexity index is 624. The maximum absolute atomic E-state index is 5.95. The fraction of sp³-hybridized carbons (Fsp3) is 0.429. The summed E-state index contributed by atoms with van der Waals surface area (Å²) >= 11 is 9.38. The molecule has 0 saturated carbocycles. The number of aromatic nitrogens is 2. The van der Waals surface area contributed by atoms with Gasteiger partial charge in [0.2, 0.25) is 0 Å². The summed E-state index contributed by atoms with van der Waals surface area (Å²) < 4.78 is 6.74. The number of morpholine rings is 1. The fourth-order valence-corrected chi connectivity index (χ4v) is 3.06. The molecule has 3 rings (SSSR count). The molecule has 1 fully saturated rings. The van der Waals surface area contributed by atoms with Crippen LogP contribution in [0.4, 0.5) is 5.69 Å². The minimum Gasteiger partial charge on any atom is -0.370 e. The summed E-state index contributed by atoms with van der Waals surface area (Å²) in [6.07, 6.45) is 3.84. The summed E-state index contributed by atoms with van der Waals surface area (Å²) in [5, 5.41) is 0. The Morgan fingerprint density at radius 2 is 2.30 bits per heavy atom. The van der Waals surface area contributed by atoms with Gasteiger partial charge in [-0.1, -0.05) is 0 Å². The largest absolute Gasteiger partial charge is 0.370 e. The van der Waals surface area contributed by atoms with Gasteiger partial charge in [0.15, 0.2) is 0 Å². The van der Waals surface area contributed by atoms with E-state index in [-0.39, 0.29) is 12.2 Å². The SMILES string of the molecule is CC1CN(c2ccnc3cc(Br)cnc23)CC(CCl)O1. The van der Waals surface area contributed by atoms with Gasteiger partial charge in [0, 0.05) is 30.0 Å². The lowest BCUT2D eigenvalue weighted by atomic mass is 10.2. The second kappa shape index (κ2) is 5.84.